The summed E-state index contributed by atoms with van der Waals surface area (Å²) in [6, 6.07) is 13.0. The summed E-state index contributed by atoms with van der Waals surface area (Å²) < 4.78 is 4.82. The molecule has 26 heavy (non-hydrogen) atoms. The Kier molecular flexibility index (Phi) is 6.99. The minimum atomic E-state index is -0.487. The van der Waals surface area contributed by atoms with Crippen LogP contribution in [-0.2, 0) is 16.1 Å². The Morgan fingerprint density at radius 3 is 2.50 bits per heavy atom. The molecule has 0 amide bonds. The Hall–Kier alpha value is -3.06. The van der Waals surface area contributed by atoms with Gasteiger partial charge in [0.15, 0.2) is 5.78 Å². The molecular weight excluding hydrogens is 336 g/mol. The number of ketones is 1. The van der Waals surface area contributed by atoms with E-state index in [2.05, 4.69) is 5.32 Å². The zero-order valence-electron chi connectivity index (χ0n) is 14.4. The van der Waals surface area contributed by atoms with Gasteiger partial charge in [0.1, 0.15) is 0 Å². The van der Waals surface area contributed by atoms with E-state index >= 15 is 0 Å². The molecule has 0 aliphatic carbocycles. The third kappa shape index (κ3) is 5.22. The quantitative estimate of drug-likeness (QED) is 0.244. The molecular formula is C19H20N2O5. The van der Waals surface area contributed by atoms with Crippen molar-refractivity contribution in [3.8, 4) is 0 Å². The zero-order chi connectivity index (χ0) is 18.9. The van der Waals surface area contributed by atoms with E-state index in [1.165, 1.54) is 18.2 Å². The average molecular weight is 356 g/mol. The number of hydrogen-bond donors (Lipinski definition) is 1. The van der Waals surface area contributed by atoms with Crippen LogP contribution < -0.4 is 5.32 Å². The summed E-state index contributed by atoms with van der Waals surface area (Å²) in [5.74, 6) is -0.532. The Morgan fingerprint density at radius 1 is 1.12 bits per heavy atom. The Labute approximate surface area is 151 Å². The van der Waals surface area contributed by atoms with Gasteiger partial charge in [0.2, 0.25) is 0 Å². The van der Waals surface area contributed by atoms with Gasteiger partial charge in [-0.05, 0) is 19.1 Å². The van der Waals surface area contributed by atoms with E-state index in [-0.39, 0.29) is 30.4 Å². The lowest BCUT2D eigenvalue weighted by Crippen LogP contribution is -2.20. The fraction of sp³-hybridized carbons (Fsp3) is 0.263. The monoisotopic (exact) mass is 356 g/mol. The molecule has 1 N–H and O–H groups in total. The SMILES string of the molecule is CCOC(=O)CCNCc1cc(C(=O)c2ccccc2)ccc1[N+](=O)[O-]. The molecule has 136 valence electrons. The number of nitro benzene ring substituents is 1. The van der Waals surface area contributed by atoms with Gasteiger partial charge in [-0.15, -0.1) is 0 Å². The minimum Gasteiger partial charge on any atom is -0.466 e. The van der Waals surface area contributed by atoms with Crippen molar-refractivity contribution < 1.29 is 19.2 Å². The van der Waals surface area contributed by atoms with Crippen LogP contribution in [-0.4, -0.2) is 29.8 Å². The summed E-state index contributed by atoms with van der Waals surface area (Å²) in [4.78, 5) is 34.6. The summed E-state index contributed by atoms with van der Waals surface area (Å²) in [6.07, 6.45) is 0.171. The van der Waals surface area contributed by atoms with E-state index in [0.717, 1.165) is 0 Å². The molecule has 0 unspecified atom stereocenters. The third-order valence-corrected chi connectivity index (χ3v) is 3.70. The predicted octanol–water partition coefficient (Wildman–Crippen LogP) is 2.87. The van der Waals surface area contributed by atoms with Gasteiger partial charge >= 0.3 is 5.97 Å². The lowest BCUT2D eigenvalue weighted by molar-refractivity contribution is -0.385. The molecule has 0 spiro atoms. The van der Waals surface area contributed by atoms with Crippen molar-refractivity contribution in [2.75, 3.05) is 13.2 Å². The van der Waals surface area contributed by atoms with Gasteiger partial charge in [0, 0.05) is 35.8 Å². The molecule has 7 heteroatoms. The van der Waals surface area contributed by atoms with Crippen LogP contribution in [0.2, 0.25) is 0 Å². The average Bonchev–Trinajstić information content (AvgIpc) is 2.65. The van der Waals surface area contributed by atoms with E-state index in [0.29, 0.717) is 29.8 Å². The summed E-state index contributed by atoms with van der Waals surface area (Å²) in [5, 5.41) is 14.2. The maximum absolute atomic E-state index is 12.5. The number of nitrogens with one attached hydrogen (secondary N) is 1. The van der Waals surface area contributed by atoms with Crippen molar-refractivity contribution >= 4 is 17.4 Å². The van der Waals surface area contributed by atoms with E-state index in [1.807, 2.05) is 6.07 Å². The standard InChI is InChI=1S/C19H20N2O5/c1-2-26-18(22)10-11-20-13-16-12-15(8-9-17(16)21(24)25)19(23)14-6-4-3-5-7-14/h3-9,12,20H,2,10-11,13H2,1H3. The van der Waals surface area contributed by atoms with Gasteiger partial charge in [-0.2, -0.15) is 0 Å². The van der Waals surface area contributed by atoms with Gasteiger partial charge in [-0.1, -0.05) is 30.3 Å². The second-order valence-electron chi connectivity index (χ2n) is 5.53. The third-order valence-electron chi connectivity index (χ3n) is 3.70. The minimum absolute atomic E-state index is 0.0711. The Morgan fingerprint density at radius 2 is 1.85 bits per heavy atom. The molecule has 7 nitrogen and oxygen atoms in total. The highest BCUT2D eigenvalue weighted by Crippen LogP contribution is 2.21. The molecule has 2 aromatic carbocycles. The van der Waals surface area contributed by atoms with Crippen LogP contribution >= 0.6 is 0 Å². The number of benzene rings is 2. The first-order chi connectivity index (χ1) is 12.5. The highest BCUT2D eigenvalue weighted by atomic mass is 16.6. The molecule has 2 aromatic rings. The van der Waals surface area contributed by atoms with Gasteiger partial charge in [0.25, 0.3) is 5.69 Å². The highest BCUT2D eigenvalue weighted by Gasteiger charge is 2.17. The second kappa shape index (κ2) is 9.43. The molecule has 0 bridgehead atoms. The van der Waals surface area contributed by atoms with Crippen molar-refractivity contribution in [1.29, 1.82) is 0 Å². The zero-order valence-corrected chi connectivity index (χ0v) is 14.4. The molecule has 0 saturated heterocycles. The van der Waals surface area contributed by atoms with Crippen LogP contribution in [0.25, 0.3) is 0 Å². The summed E-state index contributed by atoms with van der Waals surface area (Å²) in [6.45, 7) is 2.54. The molecule has 0 saturated carbocycles. The van der Waals surface area contributed by atoms with Gasteiger partial charge < -0.3 is 10.1 Å². The van der Waals surface area contributed by atoms with E-state index in [4.69, 9.17) is 4.74 Å². The van der Waals surface area contributed by atoms with Crippen LogP contribution in [0.4, 0.5) is 5.69 Å². The van der Waals surface area contributed by atoms with Crippen LogP contribution in [0.5, 0.6) is 0 Å². The van der Waals surface area contributed by atoms with Crippen LogP contribution in [0, 0.1) is 10.1 Å². The largest absolute Gasteiger partial charge is 0.466 e. The number of nitrogens with zero attached hydrogens (tertiary/aromatic N) is 1. The van der Waals surface area contributed by atoms with E-state index in [9.17, 15) is 19.7 Å². The molecule has 0 aliphatic rings. The van der Waals surface area contributed by atoms with Crippen molar-refractivity contribution in [3.05, 3.63) is 75.3 Å². The molecule has 0 aromatic heterocycles. The lowest BCUT2D eigenvalue weighted by Gasteiger charge is -2.08. The number of ether oxygens (including phenoxy) is 1. The topological polar surface area (TPSA) is 98.5 Å². The molecule has 0 fully saturated rings. The molecule has 0 radical (unpaired) electrons. The van der Waals surface area contributed by atoms with Crippen LogP contribution in [0.15, 0.2) is 48.5 Å². The maximum atomic E-state index is 12.5. The fourth-order valence-corrected chi connectivity index (χ4v) is 2.45. The maximum Gasteiger partial charge on any atom is 0.307 e. The molecule has 0 aliphatic heterocycles. The van der Waals surface area contributed by atoms with Crippen LogP contribution in [0.1, 0.15) is 34.8 Å². The highest BCUT2D eigenvalue weighted by molar-refractivity contribution is 6.09. The normalized spacial score (nSPS) is 10.3. The number of rotatable bonds is 9. The smallest absolute Gasteiger partial charge is 0.307 e. The van der Waals surface area contributed by atoms with Gasteiger partial charge in [-0.25, -0.2) is 0 Å². The first kappa shape index (κ1) is 19.3. The van der Waals surface area contributed by atoms with Crippen LogP contribution in [0.3, 0.4) is 0 Å². The molecule has 0 heterocycles. The van der Waals surface area contributed by atoms with Gasteiger partial charge in [0.05, 0.1) is 18.0 Å². The lowest BCUT2D eigenvalue weighted by atomic mass is 10.0. The van der Waals surface area contributed by atoms with Crippen molar-refractivity contribution in [2.45, 2.75) is 19.9 Å². The predicted molar refractivity (Wildman–Crippen MR) is 95.9 cm³/mol. The van der Waals surface area contributed by atoms with Crippen molar-refractivity contribution in [2.24, 2.45) is 0 Å². The number of carbonyl (C=O) groups excluding carboxylic acids is 2. The Balaban J connectivity index is 2.11. The fourth-order valence-electron chi connectivity index (χ4n) is 2.45. The molecule has 2 rings (SSSR count). The Bertz CT molecular complexity index is 790. The number of carbonyl (C=O) groups is 2. The van der Waals surface area contributed by atoms with E-state index < -0.39 is 4.92 Å². The second-order valence-corrected chi connectivity index (χ2v) is 5.53. The number of hydrogen-bond acceptors (Lipinski definition) is 6. The van der Waals surface area contributed by atoms with Crippen molar-refractivity contribution in [1.82, 2.24) is 5.32 Å². The number of nitro groups is 1. The first-order valence-corrected chi connectivity index (χ1v) is 8.26. The number of esters is 1. The summed E-state index contributed by atoms with van der Waals surface area (Å²) in [5.41, 5.74) is 1.21. The first-order valence-electron chi connectivity index (χ1n) is 8.26. The summed E-state index contributed by atoms with van der Waals surface area (Å²) in [7, 11) is 0. The molecule has 0 atom stereocenters. The van der Waals surface area contributed by atoms with Gasteiger partial charge in [-0.3, -0.25) is 19.7 Å². The summed E-state index contributed by atoms with van der Waals surface area (Å²) >= 11 is 0. The van der Waals surface area contributed by atoms with E-state index in [1.54, 1.807) is 31.2 Å². The van der Waals surface area contributed by atoms with Crippen molar-refractivity contribution in [3.63, 3.8) is 0 Å².